The molecule has 0 unspecified atom stereocenters. The van der Waals surface area contributed by atoms with E-state index in [4.69, 9.17) is 0 Å². The van der Waals surface area contributed by atoms with Crippen LogP contribution < -0.4 is 5.01 Å². The molecule has 3 heteroatoms. The molecule has 0 N–H and O–H groups in total. The number of hydrazone groups is 1. The van der Waals surface area contributed by atoms with Gasteiger partial charge in [0.15, 0.2) is 0 Å². The Hall–Kier alpha value is -2.39. The second kappa shape index (κ2) is 7.05. The number of para-hydroxylation sites is 2. The van der Waals surface area contributed by atoms with Crippen LogP contribution in [-0.4, -0.2) is 6.21 Å². The van der Waals surface area contributed by atoms with Crippen LogP contribution in [0.25, 0.3) is 0 Å². The molecule has 108 valence electrons. The van der Waals surface area contributed by atoms with Crippen molar-refractivity contribution in [2.24, 2.45) is 5.10 Å². The van der Waals surface area contributed by atoms with Gasteiger partial charge in [0.05, 0.1) is 17.6 Å². The first-order valence-corrected chi connectivity index (χ1v) is 7.82. The van der Waals surface area contributed by atoms with Gasteiger partial charge >= 0.3 is 0 Å². The third-order valence-electron chi connectivity index (χ3n) is 3.22. The van der Waals surface area contributed by atoms with Gasteiger partial charge < -0.3 is 0 Å². The number of nitrogens with zero attached hydrogens (tertiary/aromatic N) is 2. The van der Waals surface area contributed by atoms with Gasteiger partial charge in [-0.2, -0.15) is 5.10 Å². The summed E-state index contributed by atoms with van der Waals surface area (Å²) in [5.41, 5.74) is 3.09. The van der Waals surface area contributed by atoms with Crippen molar-refractivity contribution < 1.29 is 0 Å². The molecular formula is C19H15BrN2. The van der Waals surface area contributed by atoms with Crippen molar-refractivity contribution in [2.75, 3.05) is 5.01 Å². The first-order chi connectivity index (χ1) is 10.8. The largest absolute Gasteiger partial charge is 0.234 e. The van der Waals surface area contributed by atoms with Crippen molar-refractivity contribution in [3.05, 3.63) is 95.0 Å². The number of anilines is 2. The summed E-state index contributed by atoms with van der Waals surface area (Å²) in [4.78, 5) is 0. The maximum absolute atomic E-state index is 4.67. The van der Waals surface area contributed by atoms with Gasteiger partial charge in [-0.25, -0.2) is 5.01 Å². The molecule has 0 saturated heterocycles. The van der Waals surface area contributed by atoms with Crippen molar-refractivity contribution in [1.29, 1.82) is 0 Å². The van der Waals surface area contributed by atoms with Crippen LogP contribution in [0, 0.1) is 0 Å². The highest BCUT2D eigenvalue weighted by atomic mass is 79.9. The standard InChI is InChI=1S/C19H15BrN2/c20-19-14-8-7-9-16(19)15-21-22(17-10-3-1-4-11-17)18-12-5-2-6-13-18/h1-15H/b21-15-. The van der Waals surface area contributed by atoms with Crippen LogP contribution in [0.5, 0.6) is 0 Å². The minimum Gasteiger partial charge on any atom is -0.234 e. The predicted molar refractivity (Wildman–Crippen MR) is 96.8 cm³/mol. The quantitative estimate of drug-likeness (QED) is 0.440. The predicted octanol–water partition coefficient (Wildman–Crippen LogP) is 5.62. The lowest BCUT2D eigenvalue weighted by molar-refractivity contribution is 1.09. The Balaban J connectivity index is 1.98. The summed E-state index contributed by atoms with van der Waals surface area (Å²) in [7, 11) is 0. The Morgan fingerprint density at radius 2 is 1.18 bits per heavy atom. The molecule has 0 radical (unpaired) electrons. The summed E-state index contributed by atoms with van der Waals surface area (Å²) in [5, 5.41) is 6.60. The molecule has 0 spiro atoms. The van der Waals surface area contributed by atoms with E-state index in [1.54, 1.807) is 0 Å². The lowest BCUT2D eigenvalue weighted by Gasteiger charge is -2.19. The first kappa shape index (κ1) is 14.5. The highest BCUT2D eigenvalue weighted by Gasteiger charge is 2.06. The van der Waals surface area contributed by atoms with E-state index in [9.17, 15) is 0 Å². The Labute approximate surface area is 138 Å². The third kappa shape index (κ3) is 3.43. The van der Waals surface area contributed by atoms with E-state index in [1.165, 1.54) is 0 Å². The van der Waals surface area contributed by atoms with E-state index in [0.717, 1.165) is 21.4 Å². The minimum atomic E-state index is 1.03. The molecule has 0 amide bonds. The van der Waals surface area contributed by atoms with Gasteiger partial charge in [0.2, 0.25) is 0 Å². The molecule has 3 aromatic rings. The van der Waals surface area contributed by atoms with E-state index in [1.807, 2.05) is 96.2 Å². The van der Waals surface area contributed by atoms with E-state index in [0.29, 0.717) is 0 Å². The second-order valence-electron chi connectivity index (χ2n) is 4.75. The average molecular weight is 351 g/mol. The summed E-state index contributed by atoms with van der Waals surface area (Å²) in [6, 6.07) is 28.3. The van der Waals surface area contributed by atoms with Gasteiger partial charge in [-0.15, -0.1) is 0 Å². The third-order valence-corrected chi connectivity index (χ3v) is 3.94. The normalized spacial score (nSPS) is 10.8. The van der Waals surface area contributed by atoms with E-state index >= 15 is 0 Å². The summed E-state index contributed by atoms with van der Waals surface area (Å²) in [6.45, 7) is 0. The number of hydrogen-bond donors (Lipinski definition) is 0. The molecule has 0 aliphatic rings. The summed E-state index contributed by atoms with van der Waals surface area (Å²) in [5.74, 6) is 0. The fourth-order valence-electron chi connectivity index (χ4n) is 2.12. The van der Waals surface area contributed by atoms with Crippen LogP contribution in [0.2, 0.25) is 0 Å². The van der Waals surface area contributed by atoms with Gasteiger partial charge in [-0.1, -0.05) is 70.5 Å². The average Bonchev–Trinajstić information content (AvgIpc) is 2.59. The van der Waals surface area contributed by atoms with Crippen LogP contribution in [0.4, 0.5) is 11.4 Å². The van der Waals surface area contributed by atoms with Crippen LogP contribution >= 0.6 is 15.9 Å². The van der Waals surface area contributed by atoms with E-state index in [-0.39, 0.29) is 0 Å². The van der Waals surface area contributed by atoms with Crippen LogP contribution in [0.1, 0.15) is 5.56 Å². The van der Waals surface area contributed by atoms with Crippen molar-refractivity contribution in [2.45, 2.75) is 0 Å². The maximum Gasteiger partial charge on any atom is 0.0652 e. The summed E-state index contributed by atoms with van der Waals surface area (Å²) in [6.07, 6.45) is 1.87. The zero-order chi connectivity index (χ0) is 15.2. The summed E-state index contributed by atoms with van der Waals surface area (Å²) >= 11 is 3.55. The molecule has 2 nitrogen and oxygen atoms in total. The Morgan fingerprint density at radius 3 is 1.73 bits per heavy atom. The van der Waals surface area contributed by atoms with E-state index < -0.39 is 0 Å². The number of rotatable bonds is 4. The van der Waals surface area contributed by atoms with Crippen molar-refractivity contribution in [3.8, 4) is 0 Å². The molecule has 0 heterocycles. The Bertz CT molecular complexity index is 715. The monoisotopic (exact) mass is 350 g/mol. The highest BCUT2D eigenvalue weighted by molar-refractivity contribution is 9.10. The molecule has 3 rings (SSSR count). The van der Waals surface area contributed by atoms with Gasteiger partial charge in [-0.05, 0) is 30.3 Å². The van der Waals surface area contributed by atoms with Crippen molar-refractivity contribution in [1.82, 2.24) is 0 Å². The fourth-order valence-corrected chi connectivity index (χ4v) is 2.51. The van der Waals surface area contributed by atoms with Crippen LogP contribution in [-0.2, 0) is 0 Å². The van der Waals surface area contributed by atoms with Gasteiger partial charge in [-0.3, -0.25) is 0 Å². The van der Waals surface area contributed by atoms with Crippen molar-refractivity contribution in [3.63, 3.8) is 0 Å². The Kier molecular flexibility index (Phi) is 4.66. The zero-order valence-electron chi connectivity index (χ0n) is 11.9. The van der Waals surface area contributed by atoms with Crippen molar-refractivity contribution >= 4 is 33.5 Å². The number of benzene rings is 3. The Morgan fingerprint density at radius 1 is 0.682 bits per heavy atom. The lowest BCUT2D eigenvalue weighted by atomic mass is 10.2. The maximum atomic E-state index is 4.67. The molecule has 22 heavy (non-hydrogen) atoms. The summed E-state index contributed by atoms with van der Waals surface area (Å²) < 4.78 is 1.03. The van der Waals surface area contributed by atoms with Crippen LogP contribution in [0.15, 0.2) is 94.5 Å². The smallest absolute Gasteiger partial charge is 0.0652 e. The van der Waals surface area contributed by atoms with Gasteiger partial charge in [0.25, 0.3) is 0 Å². The molecule has 0 bridgehead atoms. The molecule has 0 fully saturated rings. The minimum absolute atomic E-state index is 1.03. The molecule has 0 atom stereocenters. The van der Waals surface area contributed by atoms with Gasteiger partial charge in [0.1, 0.15) is 0 Å². The SMILES string of the molecule is Brc1ccccc1/C=N\N(c1ccccc1)c1ccccc1. The van der Waals surface area contributed by atoms with E-state index in [2.05, 4.69) is 21.0 Å². The van der Waals surface area contributed by atoms with Crippen LogP contribution in [0.3, 0.4) is 0 Å². The molecule has 3 aromatic carbocycles. The number of hydrogen-bond acceptors (Lipinski definition) is 2. The molecular weight excluding hydrogens is 336 g/mol. The lowest BCUT2D eigenvalue weighted by Crippen LogP contribution is -2.09. The number of halogens is 1. The van der Waals surface area contributed by atoms with Gasteiger partial charge in [0, 0.05) is 10.0 Å². The highest BCUT2D eigenvalue weighted by Crippen LogP contribution is 2.25. The molecule has 0 aliphatic carbocycles. The zero-order valence-corrected chi connectivity index (χ0v) is 13.5. The molecule has 0 aliphatic heterocycles. The fraction of sp³-hybridized carbons (Fsp3) is 0. The molecule has 0 saturated carbocycles. The first-order valence-electron chi connectivity index (χ1n) is 7.03. The topological polar surface area (TPSA) is 15.6 Å². The second-order valence-corrected chi connectivity index (χ2v) is 5.60. The molecule has 0 aromatic heterocycles.